The van der Waals surface area contributed by atoms with Crippen LogP contribution in [-0.4, -0.2) is 14.2 Å². The van der Waals surface area contributed by atoms with Gasteiger partial charge in [-0.2, -0.15) is 0 Å². The first kappa shape index (κ1) is 15.7. The van der Waals surface area contributed by atoms with Crippen molar-refractivity contribution in [2.45, 2.75) is 19.4 Å². The highest BCUT2D eigenvalue weighted by molar-refractivity contribution is 9.10. The zero-order valence-corrected chi connectivity index (χ0v) is 14.1. The Morgan fingerprint density at radius 1 is 1.05 bits per heavy atom. The van der Waals surface area contributed by atoms with Crippen LogP contribution in [0.5, 0.6) is 11.5 Å². The Hall–Kier alpha value is -1.68. The lowest BCUT2D eigenvalue weighted by atomic mass is 10.0. The number of hydrogen-bond acceptors (Lipinski definition) is 3. The average Bonchev–Trinajstić information content (AvgIpc) is 2.53. The van der Waals surface area contributed by atoms with E-state index in [1.54, 1.807) is 14.2 Å². The third-order valence-electron chi connectivity index (χ3n) is 3.42. The van der Waals surface area contributed by atoms with E-state index in [4.69, 9.17) is 9.47 Å². The second kappa shape index (κ2) is 7.36. The molecule has 0 aliphatic heterocycles. The lowest BCUT2D eigenvalue weighted by molar-refractivity contribution is 0.395. The smallest absolute Gasteiger partial charge is 0.145 e. The molecule has 2 aromatic carbocycles. The summed E-state index contributed by atoms with van der Waals surface area (Å²) in [5.74, 6) is 1.57. The predicted octanol–water partition coefficient (Wildman–Crippen LogP) is 5.03. The van der Waals surface area contributed by atoms with Gasteiger partial charge in [0, 0.05) is 10.5 Å². The van der Waals surface area contributed by atoms with Crippen LogP contribution in [0, 0.1) is 0 Å². The third kappa shape index (κ3) is 3.91. The Morgan fingerprint density at radius 2 is 1.76 bits per heavy atom. The van der Waals surface area contributed by atoms with E-state index in [1.165, 1.54) is 5.56 Å². The van der Waals surface area contributed by atoms with E-state index in [1.807, 2.05) is 18.2 Å². The molecule has 4 heteroatoms. The topological polar surface area (TPSA) is 30.5 Å². The molecule has 112 valence electrons. The van der Waals surface area contributed by atoms with Gasteiger partial charge in [0.1, 0.15) is 11.5 Å². The van der Waals surface area contributed by atoms with E-state index in [0.29, 0.717) is 0 Å². The molecule has 1 unspecified atom stereocenters. The molecule has 0 amide bonds. The maximum absolute atomic E-state index is 5.44. The van der Waals surface area contributed by atoms with Gasteiger partial charge in [-0.1, -0.05) is 35.0 Å². The monoisotopic (exact) mass is 349 g/mol. The Morgan fingerprint density at radius 3 is 2.33 bits per heavy atom. The minimum absolute atomic E-state index is 0.236. The van der Waals surface area contributed by atoms with Crippen molar-refractivity contribution < 1.29 is 9.47 Å². The molecule has 0 aliphatic rings. The van der Waals surface area contributed by atoms with Crippen LogP contribution in [0.25, 0.3) is 0 Å². The van der Waals surface area contributed by atoms with Crippen LogP contribution in [0.4, 0.5) is 5.69 Å². The predicted molar refractivity (Wildman–Crippen MR) is 90.3 cm³/mol. The second-order valence-electron chi connectivity index (χ2n) is 4.72. The molecule has 2 aromatic rings. The molecule has 3 nitrogen and oxygen atoms in total. The van der Waals surface area contributed by atoms with E-state index in [0.717, 1.165) is 28.1 Å². The van der Waals surface area contributed by atoms with Crippen molar-refractivity contribution in [1.82, 2.24) is 0 Å². The highest BCUT2D eigenvalue weighted by atomic mass is 79.9. The zero-order valence-electron chi connectivity index (χ0n) is 12.5. The molecule has 0 fully saturated rings. The van der Waals surface area contributed by atoms with E-state index in [-0.39, 0.29) is 6.04 Å². The van der Waals surface area contributed by atoms with E-state index < -0.39 is 0 Å². The lowest BCUT2D eigenvalue weighted by Crippen LogP contribution is -2.10. The number of hydrogen-bond donors (Lipinski definition) is 1. The van der Waals surface area contributed by atoms with Gasteiger partial charge in [-0.25, -0.2) is 0 Å². The molecule has 0 radical (unpaired) electrons. The fraction of sp³-hybridized carbons (Fsp3) is 0.294. The molecule has 1 N–H and O–H groups in total. The van der Waals surface area contributed by atoms with Gasteiger partial charge in [-0.3, -0.25) is 0 Å². The fourth-order valence-electron chi connectivity index (χ4n) is 2.22. The standard InChI is InChI=1S/C17H20BrNO2/c1-4-15(12-5-7-13(18)8-6-12)19-16-10-9-14(20-2)11-17(16)21-3/h5-11,15,19H,4H2,1-3H3. The summed E-state index contributed by atoms with van der Waals surface area (Å²) in [6.45, 7) is 2.16. The van der Waals surface area contributed by atoms with Gasteiger partial charge in [0.25, 0.3) is 0 Å². The molecular weight excluding hydrogens is 330 g/mol. The molecule has 0 spiro atoms. The number of halogens is 1. The van der Waals surface area contributed by atoms with Crippen molar-refractivity contribution in [2.24, 2.45) is 0 Å². The Kier molecular flexibility index (Phi) is 5.51. The number of rotatable bonds is 6. The summed E-state index contributed by atoms with van der Waals surface area (Å²) in [6.07, 6.45) is 0.983. The zero-order chi connectivity index (χ0) is 15.2. The summed E-state index contributed by atoms with van der Waals surface area (Å²) in [7, 11) is 3.32. The van der Waals surface area contributed by atoms with Crippen LogP contribution >= 0.6 is 15.9 Å². The first-order valence-electron chi connectivity index (χ1n) is 6.92. The summed E-state index contributed by atoms with van der Waals surface area (Å²) in [5.41, 5.74) is 2.21. The molecule has 0 saturated heterocycles. The molecule has 0 aliphatic carbocycles. The van der Waals surface area contributed by atoms with Crippen molar-refractivity contribution in [1.29, 1.82) is 0 Å². The number of benzene rings is 2. The SMILES string of the molecule is CCC(Nc1ccc(OC)cc1OC)c1ccc(Br)cc1. The van der Waals surface area contributed by atoms with Crippen molar-refractivity contribution in [3.05, 3.63) is 52.5 Å². The number of ether oxygens (including phenoxy) is 2. The largest absolute Gasteiger partial charge is 0.497 e. The van der Waals surface area contributed by atoms with Crippen LogP contribution in [0.15, 0.2) is 46.9 Å². The van der Waals surface area contributed by atoms with Crippen LogP contribution in [-0.2, 0) is 0 Å². The molecule has 0 bridgehead atoms. The van der Waals surface area contributed by atoms with Crippen molar-refractivity contribution in [2.75, 3.05) is 19.5 Å². The van der Waals surface area contributed by atoms with Gasteiger partial charge in [0.2, 0.25) is 0 Å². The van der Waals surface area contributed by atoms with Crippen LogP contribution < -0.4 is 14.8 Å². The normalized spacial score (nSPS) is 11.8. The number of anilines is 1. The van der Waals surface area contributed by atoms with Crippen molar-refractivity contribution in [3.63, 3.8) is 0 Å². The highest BCUT2D eigenvalue weighted by Gasteiger charge is 2.12. The average molecular weight is 350 g/mol. The summed E-state index contributed by atoms with van der Waals surface area (Å²) < 4.78 is 11.8. The van der Waals surface area contributed by atoms with Crippen LogP contribution in [0.3, 0.4) is 0 Å². The summed E-state index contributed by atoms with van der Waals surface area (Å²) in [6, 6.07) is 14.4. The second-order valence-corrected chi connectivity index (χ2v) is 5.64. The maximum Gasteiger partial charge on any atom is 0.145 e. The van der Waals surface area contributed by atoms with Gasteiger partial charge in [-0.15, -0.1) is 0 Å². The van der Waals surface area contributed by atoms with Crippen molar-refractivity contribution in [3.8, 4) is 11.5 Å². The highest BCUT2D eigenvalue weighted by Crippen LogP contribution is 2.33. The molecule has 0 heterocycles. The molecule has 1 atom stereocenters. The number of methoxy groups -OCH3 is 2. The van der Waals surface area contributed by atoms with Crippen LogP contribution in [0.1, 0.15) is 24.9 Å². The third-order valence-corrected chi connectivity index (χ3v) is 3.95. The maximum atomic E-state index is 5.44. The molecule has 2 rings (SSSR count). The van der Waals surface area contributed by atoms with Crippen LogP contribution in [0.2, 0.25) is 0 Å². The first-order valence-corrected chi connectivity index (χ1v) is 7.71. The minimum Gasteiger partial charge on any atom is -0.497 e. The van der Waals surface area contributed by atoms with Gasteiger partial charge in [0.05, 0.1) is 25.9 Å². The van der Waals surface area contributed by atoms with E-state index >= 15 is 0 Å². The Balaban J connectivity index is 2.24. The van der Waals surface area contributed by atoms with Gasteiger partial charge < -0.3 is 14.8 Å². The van der Waals surface area contributed by atoms with E-state index in [2.05, 4.69) is 52.4 Å². The van der Waals surface area contributed by atoms with Gasteiger partial charge >= 0.3 is 0 Å². The quantitative estimate of drug-likeness (QED) is 0.793. The summed E-state index contributed by atoms with van der Waals surface area (Å²) in [5, 5.41) is 3.54. The Bertz CT molecular complexity index is 584. The van der Waals surface area contributed by atoms with Crippen molar-refractivity contribution >= 4 is 21.6 Å². The lowest BCUT2D eigenvalue weighted by Gasteiger charge is -2.21. The molecule has 0 aromatic heterocycles. The minimum atomic E-state index is 0.236. The summed E-state index contributed by atoms with van der Waals surface area (Å²) in [4.78, 5) is 0. The van der Waals surface area contributed by atoms with E-state index in [9.17, 15) is 0 Å². The fourth-order valence-corrected chi connectivity index (χ4v) is 2.49. The van der Waals surface area contributed by atoms with Gasteiger partial charge in [-0.05, 0) is 36.2 Å². The molecular formula is C17H20BrNO2. The summed E-state index contributed by atoms with van der Waals surface area (Å²) >= 11 is 3.47. The number of nitrogens with one attached hydrogen (secondary N) is 1. The molecule has 21 heavy (non-hydrogen) atoms. The first-order chi connectivity index (χ1) is 10.2. The molecule has 0 saturated carbocycles. The Labute approximate surface area is 134 Å². The van der Waals surface area contributed by atoms with Gasteiger partial charge in [0.15, 0.2) is 0 Å².